The second kappa shape index (κ2) is 6.00. The highest BCUT2D eigenvalue weighted by atomic mass is 35.5. The fourth-order valence-electron chi connectivity index (χ4n) is 2.56. The van der Waals surface area contributed by atoms with Crippen molar-refractivity contribution in [3.8, 4) is 0 Å². The fourth-order valence-corrected chi connectivity index (χ4v) is 2.81. The van der Waals surface area contributed by atoms with E-state index >= 15 is 0 Å². The standard InChI is InChI=1S/C15H14ClFN4O2/c1-20-8-9(7-18-20)21-6-5-12(15(21)23)19-14(22)13-10(16)3-2-4-11(13)17/h2-4,7-8,12H,5-6H2,1H3,(H,19,22)/t12-/m0/s1. The summed E-state index contributed by atoms with van der Waals surface area (Å²) in [7, 11) is 1.75. The number of nitrogens with zero attached hydrogens (tertiary/aromatic N) is 3. The summed E-state index contributed by atoms with van der Waals surface area (Å²) in [6, 6.07) is 3.29. The number of benzene rings is 1. The summed E-state index contributed by atoms with van der Waals surface area (Å²) in [5.74, 6) is -1.66. The molecule has 6 nitrogen and oxygen atoms in total. The van der Waals surface area contributed by atoms with Crippen LogP contribution in [0, 0.1) is 5.82 Å². The van der Waals surface area contributed by atoms with Gasteiger partial charge in [0, 0.05) is 19.8 Å². The van der Waals surface area contributed by atoms with Crippen molar-refractivity contribution in [3.63, 3.8) is 0 Å². The van der Waals surface area contributed by atoms with E-state index in [1.807, 2.05) is 0 Å². The molecular weight excluding hydrogens is 323 g/mol. The van der Waals surface area contributed by atoms with Crippen LogP contribution in [0.2, 0.25) is 5.02 Å². The third-order valence-corrected chi connectivity index (χ3v) is 4.02. The molecule has 0 spiro atoms. The quantitative estimate of drug-likeness (QED) is 0.928. The van der Waals surface area contributed by atoms with Crippen LogP contribution in [0.5, 0.6) is 0 Å². The summed E-state index contributed by atoms with van der Waals surface area (Å²) in [6.45, 7) is 0.459. The Kier molecular flexibility index (Phi) is 4.04. The molecule has 23 heavy (non-hydrogen) atoms. The largest absolute Gasteiger partial charge is 0.340 e. The summed E-state index contributed by atoms with van der Waals surface area (Å²) in [6.07, 6.45) is 3.73. The molecule has 1 aromatic heterocycles. The molecular formula is C15H14ClFN4O2. The van der Waals surface area contributed by atoms with Gasteiger partial charge in [-0.3, -0.25) is 14.3 Å². The Bertz CT molecular complexity index is 756. The highest BCUT2D eigenvalue weighted by molar-refractivity contribution is 6.33. The number of hydrogen-bond donors (Lipinski definition) is 1. The first-order chi connectivity index (χ1) is 11.0. The highest BCUT2D eigenvalue weighted by Crippen LogP contribution is 2.22. The summed E-state index contributed by atoms with van der Waals surface area (Å²) in [5, 5.41) is 6.58. The second-order valence-electron chi connectivity index (χ2n) is 5.27. The van der Waals surface area contributed by atoms with Crippen LogP contribution in [0.25, 0.3) is 0 Å². The van der Waals surface area contributed by atoms with Gasteiger partial charge in [0.25, 0.3) is 5.91 Å². The number of carbonyl (C=O) groups excluding carboxylic acids is 2. The lowest BCUT2D eigenvalue weighted by atomic mass is 10.1. The lowest BCUT2D eigenvalue weighted by Gasteiger charge is -2.15. The van der Waals surface area contributed by atoms with E-state index in [1.54, 1.807) is 29.0 Å². The Morgan fingerprint density at radius 3 is 2.91 bits per heavy atom. The Morgan fingerprint density at radius 1 is 1.48 bits per heavy atom. The highest BCUT2D eigenvalue weighted by Gasteiger charge is 2.35. The first-order valence-corrected chi connectivity index (χ1v) is 7.40. The molecule has 0 unspecified atom stereocenters. The summed E-state index contributed by atoms with van der Waals surface area (Å²) in [4.78, 5) is 26.2. The molecule has 1 saturated heterocycles. The zero-order valence-corrected chi connectivity index (χ0v) is 13.0. The average Bonchev–Trinajstić information content (AvgIpc) is 3.06. The molecule has 1 aromatic carbocycles. The van der Waals surface area contributed by atoms with Gasteiger partial charge in [0.15, 0.2) is 0 Å². The van der Waals surface area contributed by atoms with E-state index in [0.717, 1.165) is 6.07 Å². The molecule has 1 aliphatic heterocycles. The van der Waals surface area contributed by atoms with Crippen LogP contribution in [0.4, 0.5) is 10.1 Å². The summed E-state index contributed by atoms with van der Waals surface area (Å²) >= 11 is 5.87. The number of hydrogen-bond acceptors (Lipinski definition) is 3. The van der Waals surface area contributed by atoms with Crippen LogP contribution < -0.4 is 10.2 Å². The van der Waals surface area contributed by atoms with E-state index in [1.165, 1.54) is 12.1 Å². The van der Waals surface area contributed by atoms with E-state index < -0.39 is 17.8 Å². The van der Waals surface area contributed by atoms with Crippen LogP contribution in [0.15, 0.2) is 30.6 Å². The zero-order chi connectivity index (χ0) is 16.6. The Labute approximate surface area is 136 Å². The third-order valence-electron chi connectivity index (χ3n) is 3.70. The van der Waals surface area contributed by atoms with E-state index in [9.17, 15) is 14.0 Å². The number of nitrogens with one attached hydrogen (secondary N) is 1. The number of rotatable bonds is 3. The van der Waals surface area contributed by atoms with Crippen LogP contribution in [-0.2, 0) is 11.8 Å². The Hall–Kier alpha value is -2.41. The minimum Gasteiger partial charge on any atom is -0.340 e. The SMILES string of the molecule is Cn1cc(N2CC[C@H](NC(=O)c3c(F)cccc3Cl)C2=O)cn1. The van der Waals surface area contributed by atoms with E-state index in [-0.39, 0.29) is 16.5 Å². The predicted molar refractivity (Wildman–Crippen MR) is 82.8 cm³/mol. The number of aryl methyl sites for hydroxylation is 1. The molecule has 0 aliphatic carbocycles. The molecule has 0 saturated carbocycles. The normalized spacial score (nSPS) is 17.6. The smallest absolute Gasteiger partial charge is 0.256 e. The zero-order valence-electron chi connectivity index (χ0n) is 12.3. The number of halogens is 2. The molecule has 1 atom stereocenters. The monoisotopic (exact) mass is 336 g/mol. The molecule has 1 aliphatic rings. The maximum atomic E-state index is 13.8. The molecule has 3 rings (SSSR count). The van der Waals surface area contributed by atoms with Gasteiger partial charge in [-0.1, -0.05) is 17.7 Å². The fraction of sp³-hybridized carbons (Fsp3) is 0.267. The Balaban J connectivity index is 1.74. The lowest BCUT2D eigenvalue weighted by molar-refractivity contribution is -0.118. The van der Waals surface area contributed by atoms with E-state index in [4.69, 9.17) is 11.6 Å². The van der Waals surface area contributed by atoms with Gasteiger partial charge in [0.1, 0.15) is 11.9 Å². The summed E-state index contributed by atoms with van der Waals surface area (Å²) < 4.78 is 15.4. The van der Waals surface area contributed by atoms with Gasteiger partial charge < -0.3 is 10.2 Å². The molecule has 1 N–H and O–H groups in total. The van der Waals surface area contributed by atoms with Crippen LogP contribution >= 0.6 is 11.6 Å². The van der Waals surface area contributed by atoms with Crippen LogP contribution in [0.1, 0.15) is 16.8 Å². The minimum absolute atomic E-state index is 0.0112. The van der Waals surface area contributed by atoms with Crippen molar-refractivity contribution >= 4 is 29.1 Å². The number of amides is 2. The van der Waals surface area contributed by atoms with Crippen molar-refractivity contribution in [1.29, 1.82) is 0 Å². The van der Waals surface area contributed by atoms with Gasteiger partial charge in [-0.25, -0.2) is 4.39 Å². The maximum Gasteiger partial charge on any atom is 0.256 e. The van der Waals surface area contributed by atoms with Crippen molar-refractivity contribution in [1.82, 2.24) is 15.1 Å². The molecule has 8 heteroatoms. The van der Waals surface area contributed by atoms with Crippen molar-refractivity contribution in [2.75, 3.05) is 11.4 Å². The van der Waals surface area contributed by atoms with Crippen molar-refractivity contribution in [2.45, 2.75) is 12.5 Å². The molecule has 0 radical (unpaired) electrons. The van der Waals surface area contributed by atoms with Gasteiger partial charge in [-0.2, -0.15) is 5.10 Å². The third kappa shape index (κ3) is 2.92. The topological polar surface area (TPSA) is 67.2 Å². The molecule has 120 valence electrons. The van der Waals surface area contributed by atoms with Gasteiger partial charge in [-0.05, 0) is 18.6 Å². The molecule has 1 fully saturated rings. The average molecular weight is 337 g/mol. The second-order valence-corrected chi connectivity index (χ2v) is 5.68. The number of anilines is 1. The first kappa shape index (κ1) is 15.5. The lowest BCUT2D eigenvalue weighted by Crippen LogP contribution is -2.41. The molecule has 2 heterocycles. The van der Waals surface area contributed by atoms with Crippen molar-refractivity contribution < 1.29 is 14.0 Å². The minimum atomic E-state index is -0.718. The van der Waals surface area contributed by atoms with E-state index in [2.05, 4.69) is 10.4 Å². The maximum absolute atomic E-state index is 13.8. The van der Waals surface area contributed by atoms with E-state index in [0.29, 0.717) is 18.7 Å². The van der Waals surface area contributed by atoms with Gasteiger partial charge >= 0.3 is 0 Å². The molecule has 2 amide bonds. The number of aromatic nitrogens is 2. The summed E-state index contributed by atoms with van der Waals surface area (Å²) in [5.41, 5.74) is 0.417. The van der Waals surface area contributed by atoms with Crippen molar-refractivity contribution in [2.24, 2.45) is 7.05 Å². The molecule has 2 aromatic rings. The first-order valence-electron chi connectivity index (χ1n) is 7.02. The Morgan fingerprint density at radius 2 is 2.26 bits per heavy atom. The van der Waals surface area contributed by atoms with Gasteiger partial charge in [-0.15, -0.1) is 0 Å². The van der Waals surface area contributed by atoms with Crippen molar-refractivity contribution in [3.05, 3.63) is 47.0 Å². The van der Waals surface area contributed by atoms with Crippen LogP contribution in [-0.4, -0.2) is 34.2 Å². The van der Waals surface area contributed by atoms with Crippen LogP contribution in [0.3, 0.4) is 0 Å². The van der Waals surface area contributed by atoms with Gasteiger partial charge in [0.05, 0.1) is 22.5 Å². The molecule has 0 bridgehead atoms. The predicted octanol–water partition coefficient (Wildman–Crippen LogP) is 1.75. The van der Waals surface area contributed by atoms with Gasteiger partial charge in [0.2, 0.25) is 5.91 Å². The number of carbonyl (C=O) groups is 2.